The van der Waals surface area contributed by atoms with Crippen LogP contribution in [-0.4, -0.2) is 14.1 Å². The Bertz CT molecular complexity index is 5400. The van der Waals surface area contributed by atoms with Crippen LogP contribution in [-0.2, 0) is 32.5 Å². The standard InChI is InChI=1S/C78H82N4O/c1-73(2,3)55-35-38-79-71(46-55)82-67-28-21-20-27-61(67)62-32-31-60(48-69(62)82)83-59-26-22-25-58(47-59)80-49-81(68-34-30-51(44-70(68)80)53-39-56(74(4,5)6)45-57(40-53)75(7,8)9)72-63(41-54(43-66(72)76(10,11)12)50-23-18-17-19-24-50)52-29-33-64-65(42-52)78(15,16)37-36-77(64,13)14/h17-35,38-48H,36-37H2,1-16H3/i13D3,14D3,15D3,16D3,17D,18D,19D,23D,24D,29D,33D,36D2,37D2,42D. The molecule has 0 unspecified atom stereocenters. The second-order valence-electron chi connectivity index (χ2n) is 26.0. The molecule has 3 heterocycles. The van der Waals surface area contributed by atoms with E-state index in [9.17, 15) is 20.6 Å². The lowest BCUT2D eigenvalue weighted by atomic mass is 9.63. The molecule has 5 nitrogen and oxygen atoms in total. The number of fused-ring (bicyclic) bond motifs is 5. The number of hydrogen-bond donors (Lipinski definition) is 0. The quantitative estimate of drug-likeness (QED) is 0.112. The maximum absolute atomic E-state index is 10.6. The second kappa shape index (κ2) is 19.8. The number of ether oxygens (including phenoxy) is 1. The molecule has 12 rings (SSSR count). The van der Waals surface area contributed by atoms with Gasteiger partial charge in [-0.15, -0.1) is 0 Å². The fourth-order valence-corrected chi connectivity index (χ4v) is 11.0. The number of rotatable bonds is 8. The number of imidazole rings is 1. The summed E-state index contributed by atoms with van der Waals surface area (Å²) in [4.78, 5) is 4.86. The molecule has 420 valence electrons. The van der Waals surface area contributed by atoms with Crippen LogP contribution in [0.15, 0.2) is 182 Å². The van der Waals surface area contributed by atoms with E-state index in [2.05, 4.69) is 104 Å². The van der Waals surface area contributed by atoms with Crippen LogP contribution in [0.2, 0.25) is 0 Å². The van der Waals surface area contributed by atoms with Crippen LogP contribution in [0.25, 0.3) is 83.4 Å². The third kappa shape index (κ3) is 10.3. The monoisotopic (exact) mass is 1110 g/mol. The van der Waals surface area contributed by atoms with Gasteiger partial charge in [0, 0.05) is 45.0 Å². The molecular weight excluding hydrogens is 1010 g/mol. The molecule has 0 saturated carbocycles. The minimum absolute atomic E-state index is 0.102. The highest BCUT2D eigenvalue weighted by molar-refractivity contribution is 6.09. The van der Waals surface area contributed by atoms with Gasteiger partial charge < -0.3 is 4.74 Å². The van der Waals surface area contributed by atoms with E-state index in [4.69, 9.17) is 22.1 Å². The normalized spacial score (nSPS) is 20.6. The van der Waals surface area contributed by atoms with E-state index in [-0.39, 0.29) is 33.1 Å². The van der Waals surface area contributed by atoms with Gasteiger partial charge in [0.25, 0.3) is 6.33 Å². The zero-order valence-corrected chi connectivity index (χ0v) is 48.9. The lowest BCUT2D eigenvalue weighted by molar-refractivity contribution is -0.572. The van der Waals surface area contributed by atoms with Gasteiger partial charge in [0.2, 0.25) is 0 Å². The van der Waals surface area contributed by atoms with Crippen LogP contribution >= 0.6 is 0 Å². The Balaban J connectivity index is 1.23. The van der Waals surface area contributed by atoms with Crippen LogP contribution in [0, 0.1) is 6.33 Å². The molecule has 0 amide bonds. The van der Waals surface area contributed by atoms with Gasteiger partial charge in [-0.3, -0.25) is 13.7 Å². The topological polar surface area (TPSA) is 35.9 Å². The molecule has 3 aromatic heterocycles. The Hall–Kier alpha value is -8.02. The van der Waals surface area contributed by atoms with Crippen molar-refractivity contribution >= 4 is 32.8 Å². The van der Waals surface area contributed by atoms with Crippen molar-refractivity contribution in [3.63, 3.8) is 0 Å². The smallest absolute Gasteiger partial charge is 0.269 e. The van der Waals surface area contributed by atoms with Crippen LogP contribution in [0.3, 0.4) is 0 Å². The SMILES string of the molecule is [2H]c1c([2H])c([2H])c(-c2cc(-c3c([2H])c([2H])c4c(c3[2H])C(C([2H])([2H])[2H])(C([2H])([2H])[2H])C([2H])([2H])C([2H])([2H])C4(C([2H])([2H])[2H])C([2H])([2H])[2H])c(-[n+]3[c-]n(-c4cccc(Oc5ccc6c7ccccc7n(-c7cc(C(C)(C)C)ccn7)c6c5)c4)c4cc(-c5cc(C(C)(C)C)cc(C(C)(C)C)c5)ccc43)c(C(C)(C)C)c2)c([2H])c1[2H]. The predicted molar refractivity (Wildman–Crippen MR) is 349 cm³/mol. The molecule has 0 atom stereocenters. The zero-order valence-electron chi connectivity index (χ0n) is 72.9. The highest BCUT2D eigenvalue weighted by Gasteiger charge is 2.38. The summed E-state index contributed by atoms with van der Waals surface area (Å²) in [6.07, 6.45) is -3.94. The van der Waals surface area contributed by atoms with E-state index in [1.54, 1.807) is 61.9 Å². The largest absolute Gasteiger partial charge is 0.458 e. The Morgan fingerprint density at radius 2 is 1.22 bits per heavy atom. The Morgan fingerprint density at radius 1 is 0.542 bits per heavy atom. The second-order valence-corrected chi connectivity index (χ2v) is 26.0. The molecule has 8 aromatic carbocycles. The first-order valence-electron chi connectivity index (χ1n) is 39.9. The molecule has 0 spiro atoms. The molecule has 11 aromatic rings. The van der Waals surface area contributed by atoms with Gasteiger partial charge in [0.1, 0.15) is 17.3 Å². The molecule has 0 N–H and O–H groups in total. The average molecular weight is 1120 g/mol. The van der Waals surface area contributed by atoms with Gasteiger partial charge in [-0.05, 0) is 173 Å². The summed E-state index contributed by atoms with van der Waals surface area (Å²) in [5.74, 6) is 1.50. The van der Waals surface area contributed by atoms with E-state index in [1.807, 2.05) is 54.6 Å². The highest BCUT2D eigenvalue weighted by Crippen LogP contribution is 2.49. The first-order chi connectivity index (χ1) is 49.0. The van der Waals surface area contributed by atoms with Crippen molar-refractivity contribution in [1.82, 2.24) is 14.1 Å². The third-order valence-corrected chi connectivity index (χ3v) is 15.7. The van der Waals surface area contributed by atoms with Gasteiger partial charge in [0.05, 0.1) is 44.4 Å². The van der Waals surface area contributed by atoms with E-state index in [0.717, 1.165) is 44.1 Å². The summed E-state index contributed by atoms with van der Waals surface area (Å²) >= 11 is 0. The van der Waals surface area contributed by atoms with Gasteiger partial charge in [0.15, 0.2) is 0 Å². The number of pyridine rings is 1. The molecule has 0 radical (unpaired) electrons. The lowest BCUT2D eigenvalue weighted by Crippen LogP contribution is -2.35. The fraction of sp³-hybridized carbons (Fsp3) is 0.308. The summed E-state index contributed by atoms with van der Waals surface area (Å²) in [5, 5.41) is 1.93. The minimum Gasteiger partial charge on any atom is -0.458 e. The predicted octanol–water partition coefficient (Wildman–Crippen LogP) is 20.5. The van der Waals surface area contributed by atoms with E-state index >= 15 is 0 Å². The lowest BCUT2D eigenvalue weighted by Gasteiger charge is -2.42. The van der Waals surface area contributed by atoms with Crippen molar-refractivity contribution in [3.05, 3.63) is 222 Å². The first-order valence-corrected chi connectivity index (χ1v) is 27.9. The number of nitrogens with zero attached hydrogens (tertiary/aromatic N) is 4. The van der Waals surface area contributed by atoms with Crippen molar-refractivity contribution in [1.29, 1.82) is 0 Å². The van der Waals surface area contributed by atoms with Crippen LogP contribution in [0.5, 0.6) is 11.5 Å². The third-order valence-electron chi connectivity index (χ3n) is 15.7. The Labute approximate surface area is 527 Å². The van der Waals surface area contributed by atoms with E-state index in [0.29, 0.717) is 39.6 Å². The molecule has 0 saturated heterocycles. The maximum atomic E-state index is 10.6. The maximum Gasteiger partial charge on any atom is 0.269 e. The molecular formula is C78H82N4O. The molecule has 0 fully saturated rings. The molecule has 0 aliphatic heterocycles. The van der Waals surface area contributed by atoms with Crippen molar-refractivity contribution in [3.8, 4) is 62.1 Å². The van der Waals surface area contributed by atoms with E-state index in [1.165, 1.54) is 16.7 Å². The van der Waals surface area contributed by atoms with Crippen LogP contribution in [0.1, 0.15) is 190 Å². The van der Waals surface area contributed by atoms with Crippen LogP contribution < -0.4 is 9.30 Å². The van der Waals surface area contributed by atoms with Crippen LogP contribution in [0.4, 0.5) is 0 Å². The summed E-state index contributed by atoms with van der Waals surface area (Å²) in [7, 11) is 0. The van der Waals surface area contributed by atoms with Gasteiger partial charge in [-0.25, -0.2) is 4.98 Å². The Morgan fingerprint density at radius 3 is 1.92 bits per heavy atom. The summed E-state index contributed by atoms with van der Waals surface area (Å²) in [6, 6.07) is 31.4. The molecule has 0 bridgehead atoms. The molecule has 1 aliphatic carbocycles. The fourth-order valence-electron chi connectivity index (χ4n) is 11.0. The van der Waals surface area contributed by atoms with Crippen molar-refractivity contribution in [2.45, 2.75) is 156 Å². The summed E-state index contributed by atoms with van der Waals surface area (Å²) < 4.78 is 236. The number of benzene rings is 8. The summed E-state index contributed by atoms with van der Waals surface area (Å²) in [5.41, 5.74) is -8.85. The number of aromatic nitrogens is 4. The zero-order chi connectivity index (χ0) is 79.3. The summed E-state index contributed by atoms with van der Waals surface area (Å²) in [6.45, 7) is 6.85. The van der Waals surface area contributed by atoms with Crippen molar-refractivity contribution in [2.24, 2.45) is 0 Å². The number of para-hydroxylation sites is 1. The molecule has 1 aliphatic rings. The van der Waals surface area contributed by atoms with Crippen molar-refractivity contribution < 1.29 is 42.2 Å². The molecule has 5 heteroatoms. The number of hydrogen-bond acceptors (Lipinski definition) is 2. The highest BCUT2D eigenvalue weighted by atomic mass is 16.5. The molecule has 83 heavy (non-hydrogen) atoms. The van der Waals surface area contributed by atoms with E-state index < -0.39 is 133 Å². The first kappa shape index (κ1) is 33.9. The van der Waals surface area contributed by atoms with Gasteiger partial charge in [-0.2, -0.15) is 0 Å². The minimum atomic E-state index is -4.65. The average Bonchev–Trinajstić information content (AvgIpc) is 1.15. The van der Waals surface area contributed by atoms with Crippen molar-refractivity contribution in [2.75, 3.05) is 0 Å². The Kier molecular flexibility index (Phi) is 8.10. The van der Waals surface area contributed by atoms with Gasteiger partial charge >= 0.3 is 0 Å². The van der Waals surface area contributed by atoms with Gasteiger partial charge in [-0.1, -0.05) is 219 Å².